The summed E-state index contributed by atoms with van der Waals surface area (Å²) in [6, 6.07) is 0.278. The molecule has 1 saturated carbocycles. The van der Waals surface area contributed by atoms with Crippen LogP contribution >= 0.6 is 0 Å². The maximum absolute atomic E-state index is 8.66. The van der Waals surface area contributed by atoms with E-state index >= 15 is 0 Å². The molecule has 2 unspecified atom stereocenters. The van der Waals surface area contributed by atoms with Crippen LogP contribution in [0.1, 0.15) is 19.3 Å². The molecule has 0 spiro atoms. The van der Waals surface area contributed by atoms with Gasteiger partial charge in [0.15, 0.2) is 0 Å². The third-order valence-electron chi connectivity index (χ3n) is 1.95. The Hall–Kier alpha value is -0.0800. The predicted molar refractivity (Wildman–Crippen MR) is 32.4 cm³/mol. The summed E-state index contributed by atoms with van der Waals surface area (Å²) in [5.41, 5.74) is 5.63. The average molecular weight is 115 g/mol. The van der Waals surface area contributed by atoms with Gasteiger partial charge in [-0.25, -0.2) is 0 Å². The zero-order valence-corrected chi connectivity index (χ0v) is 5.01. The molecule has 0 heterocycles. The lowest BCUT2D eigenvalue weighted by Crippen LogP contribution is -2.26. The Labute approximate surface area is 49.7 Å². The molecule has 1 rings (SSSR count). The van der Waals surface area contributed by atoms with Crippen LogP contribution in [0.3, 0.4) is 0 Å². The van der Waals surface area contributed by atoms with E-state index in [0.29, 0.717) is 5.92 Å². The number of aliphatic hydroxyl groups is 1. The summed E-state index contributed by atoms with van der Waals surface area (Å²) in [4.78, 5) is 0. The number of hydrogen-bond donors (Lipinski definition) is 2. The van der Waals surface area contributed by atoms with E-state index in [4.69, 9.17) is 10.8 Å². The van der Waals surface area contributed by atoms with Crippen molar-refractivity contribution in [2.45, 2.75) is 25.3 Å². The smallest absolute Gasteiger partial charge is 0.0474 e. The highest BCUT2D eigenvalue weighted by Gasteiger charge is 2.22. The first kappa shape index (κ1) is 6.05. The van der Waals surface area contributed by atoms with Crippen molar-refractivity contribution in [3.8, 4) is 0 Å². The van der Waals surface area contributed by atoms with Gasteiger partial charge in [0, 0.05) is 12.6 Å². The fourth-order valence-corrected chi connectivity index (χ4v) is 1.29. The molecule has 1 aliphatic carbocycles. The van der Waals surface area contributed by atoms with Crippen molar-refractivity contribution in [3.63, 3.8) is 0 Å². The van der Waals surface area contributed by atoms with E-state index in [-0.39, 0.29) is 12.6 Å². The van der Waals surface area contributed by atoms with Crippen LogP contribution in [-0.2, 0) is 0 Å². The molecular formula is C6H13NO. The van der Waals surface area contributed by atoms with Crippen LogP contribution in [0.15, 0.2) is 0 Å². The van der Waals surface area contributed by atoms with Gasteiger partial charge in [0.2, 0.25) is 0 Å². The van der Waals surface area contributed by atoms with Crippen molar-refractivity contribution in [2.75, 3.05) is 6.61 Å². The maximum Gasteiger partial charge on any atom is 0.0474 e. The summed E-state index contributed by atoms with van der Waals surface area (Å²) in [5, 5.41) is 8.66. The van der Waals surface area contributed by atoms with E-state index in [0.717, 1.165) is 12.8 Å². The third-order valence-corrected chi connectivity index (χ3v) is 1.95. The Morgan fingerprint density at radius 1 is 1.50 bits per heavy atom. The van der Waals surface area contributed by atoms with Crippen LogP contribution in [0.4, 0.5) is 0 Å². The lowest BCUT2D eigenvalue weighted by Gasteiger charge is -2.09. The van der Waals surface area contributed by atoms with Gasteiger partial charge < -0.3 is 10.8 Å². The Kier molecular flexibility index (Phi) is 1.86. The topological polar surface area (TPSA) is 46.2 Å². The summed E-state index contributed by atoms with van der Waals surface area (Å²) < 4.78 is 0. The molecule has 0 aromatic heterocycles. The van der Waals surface area contributed by atoms with E-state index in [1.807, 2.05) is 0 Å². The highest BCUT2D eigenvalue weighted by atomic mass is 16.3. The van der Waals surface area contributed by atoms with Crippen LogP contribution in [0.2, 0.25) is 0 Å². The quantitative estimate of drug-likeness (QED) is 0.509. The first-order chi connectivity index (χ1) is 3.84. The third kappa shape index (κ3) is 1.01. The Bertz CT molecular complexity index is 74.9. The van der Waals surface area contributed by atoms with E-state index < -0.39 is 0 Å². The first-order valence-corrected chi connectivity index (χ1v) is 3.21. The minimum atomic E-state index is 0.278. The molecule has 0 aromatic rings. The van der Waals surface area contributed by atoms with Crippen LogP contribution < -0.4 is 5.73 Å². The molecule has 0 saturated heterocycles. The van der Waals surface area contributed by atoms with Gasteiger partial charge in [0.25, 0.3) is 0 Å². The van der Waals surface area contributed by atoms with Crippen LogP contribution in [0, 0.1) is 5.92 Å². The van der Waals surface area contributed by atoms with Gasteiger partial charge in [-0.2, -0.15) is 0 Å². The van der Waals surface area contributed by atoms with E-state index in [2.05, 4.69) is 0 Å². The fourth-order valence-electron chi connectivity index (χ4n) is 1.29. The van der Waals surface area contributed by atoms with Crippen molar-refractivity contribution in [3.05, 3.63) is 0 Å². The Balaban J connectivity index is 2.30. The van der Waals surface area contributed by atoms with Crippen molar-refractivity contribution in [2.24, 2.45) is 11.7 Å². The second kappa shape index (κ2) is 2.46. The second-order valence-corrected chi connectivity index (χ2v) is 2.54. The molecule has 0 aromatic carbocycles. The molecule has 2 nitrogen and oxygen atoms in total. The van der Waals surface area contributed by atoms with Gasteiger partial charge in [-0.1, -0.05) is 6.42 Å². The van der Waals surface area contributed by atoms with Crippen LogP contribution in [-0.4, -0.2) is 17.8 Å². The molecule has 0 radical (unpaired) electrons. The number of nitrogens with two attached hydrogens (primary N) is 1. The number of rotatable bonds is 1. The van der Waals surface area contributed by atoms with Crippen LogP contribution in [0.25, 0.3) is 0 Å². The molecule has 2 heteroatoms. The molecule has 0 amide bonds. The molecule has 2 atom stereocenters. The van der Waals surface area contributed by atoms with E-state index in [1.165, 1.54) is 6.42 Å². The fraction of sp³-hybridized carbons (Fsp3) is 1.00. The average Bonchev–Trinajstić information content (AvgIpc) is 2.14. The molecule has 0 bridgehead atoms. The highest BCUT2D eigenvalue weighted by Crippen LogP contribution is 2.22. The van der Waals surface area contributed by atoms with Gasteiger partial charge in [-0.15, -0.1) is 0 Å². The van der Waals surface area contributed by atoms with E-state index in [1.54, 1.807) is 0 Å². The summed E-state index contributed by atoms with van der Waals surface area (Å²) in [6.45, 7) is 0.279. The largest absolute Gasteiger partial charge is 0.396 e. The zero-order chi connectivity index (χ0) is 5.98. The molecule has 48 valence electrons. The Morgan fingerprint density at radius 2 is 2.25 bits per heavy atom. The molecule has 3 N–H and O–H groups in total. The number of hydrogen-bond acceptors (Lipinski definition) is 2. The molecule has 1 fully saturated rings. The maximum atomic E-state index is 8.66. The summed E-state index contributed by atoms with van der Waals surface area (Å²) in [6.07, 6.45) is 3.43. The van der Waals surface area contributed by atoms with Gasteiger partial charge in [0.05, 0.1) is 0 Å². The number of aliphatic hydroxyl groups excluding tert-OH is 1. The standard InChI is InChI=1S/C6H13NO/c7-6-3-1-2-5(6)4-8/h5-6,8H,1-4,7H2. The Morgan fingerprint density at radius 3 is 2.50 bits per heavy atom. The molecule has 1 aliphatic rings. The normalized spacial score (nSPS) is 38.2. The monoisotopic (exact) mass is 115 g/mol. The van der Waals surface area contributed by atoms with Crippen LogP contribution in [0.5, 0.6) is 0 Å². The lowest BCUT2D eigenvalue weighted by atomic mass is 10.1. The van der Waals surface area contributed by atoms with Gasteiger partial charge in [0.1, 0.15) is 0 Å². The zero-order valence-electron chi connectivity index (χ0n) is 5.01. The van der Waals surface area contributed by atoms with Gasteiger partial charge in [-0.3, -0.25) is 0 Å². The minimum Gasteiger partial charge on any atom is -0.396 e. The van der Waals surface area contributed by atoms with Gasteiger partial charge >= 0.3 is 0 Å². The molecule has 0 aliphatic heterocycles. The highest BCUT2D eigenvalue weighted by molar-refractivity contribution is 4.78. The first-order valence-electron chi connectivity index (χ1n) is 3.21. The summed E-state index contributed by atoms with van der Waals surface area (Å²) >= 11 is 0. The summed E-state index contributed by atoms with van der Waals surface area (Å²) in [5.74, 6) is 0.398. The van der Waals surface area contributed by atoms with Crippen molar-refractivity contribution >= 4 is 0 Å². The second-order valence-electron chi connectivity index (χ2n) is 2.54. The van der Waals surface area contributed by atoms with Gasteiger partial charge in [-0.05, 0) is 18.8 Å². The van der Waals surface area contributed by atoms with Crippen molar-refractivity contribution in [1.29, 1.82) is 0 Å². The van der Waals surface area contributed by atoms with Crippen molar-refractivity contribution < 1.29 is 5.11 Å². The van der Waals surface area contributed by atoms with E-state index in [9.17, 15) is 0 Å². The van der Waals surface area contributed by atoms with Crippen molar-refractivity contribution in [1.82, 2.24) is 0 Å². The molecule has 8 heavy (non-hydrogen) atoms. The lowest BCUT2D eigenvalue weighted by molar-refractivity contribution is 0.218. The molecular weight excluding hydrogens is 102 g/mol. The SMILES string of the molecule is NC1CCCC1CO. The minimum absolute atomic E-state index is 0.278. The summed E-state index contributed by atoms with van der Waals surface area (Å²) in [7, 11) is 0. The predicted octanol–water partition coefficient (Wildman–Crippen LogP) is 0.106.